The number of amides is 1. The van der Waals surface area contributed by atoms with Gasteiger partial charge in [0.2, 0.25) is 0 Å². The Labute approximate surface area is 157 Å². The zero-order valence-corrected chi connectivity index (χ0v) is 14.8. The SMILES string of the molecule is N=C(N)c1ccc(C(=O)Nc2ccc3c(c2)NC(CC(=O)O)CCC3)cc1. The Morgan fingerprint density at radius 1 is 1.19 bits per heavy atom. The Hall–Kier alpha value is -3.35. The van der Waals surface area contributed by atoms with Gasteiger partial charge in [0.1, 0.15) is 5.84 Å². The van der Waals surface area contributed by atoms with Crippen LogP contribution in [0.3, 0.4) is 0 Å². The fraction of sp³-hybridized carbons (Fsp3) is 0.250. The van der Waals surface area contributed by atoms with E-state index in [9.17, 15) is 9.59 Å². The molecule has 1 unspecified atom stereocenters. The van der Waals surface area contributed by atoms with Crippen LogP contribution in [0.5, 0.6) is 0 Å². The van der Waals surface area contributed by atoms with E-state index in [2.05, 4.69) is 10.6 Å². The Balaban J connectivity index is 1.74. The summed E-state index contributed by atoms with van der Waals surface area (Å²) in [5.41, 5.74) is 9.06. The summed E-state index contributed by atoms with van der Waals surface area (Å²) in [4.78, 5) is 23.5. The van der Waals surface area contributed by atoms with Crippen molar-refractivity contribution in [2.75, 3.05) is 10.6 Å². The van der Waals surface area contributed by atoms with Gasteiger partial charge in [0.05, 0.1) is 6.42 Å². The lowest BCUT2D eigenvalue weighted by Gasteiger charge is -2.17. The summed E-state index contributed by atoms with van der Waals surface area (Å²) in [6.45, 7) is 0. The molecule has 2 aromatic rings. The van der Waals surface area contributed by atoms with E-state index < -0.39 is 5.97 Å². The highest BCUT2D eigenvalue weighted by Gasteiger charge is 2.19. The van der Waals surface area contributed by atoms with E-state index in [1.165, 1.54) is 0 Å². The van der Waals surface area contributed by atoms with Crippen molar-refractivity contribution in [2.24, 2.45) is 5.73 Å². The molecule has 27 heavy (non-hydrogen) atoms. The maximum Gasteiger partial charge on any atom is 0.305 e. The zero-order chi connectivity index (χ0) is 19.4. The van der Waals surface area contributed by atoms with Gasteiger partial charge in [-0.3, -0.25) is 15.0 Å². The lowest BCUT2D eigenvalue weighted by molar-refractivity contribution is -0.137. The maximum absolute atomic E-state index is 12.4. The number of fused-ring (bicyclic) bond motifs is 1. The molecule has 3 rings (SSSR count). The van der Waals surface area contributed by atoms with Crippen LogP contribution in [0, 0.1) is 5.41 Å². The molecule has 0 spiro atoms. The fourth-order valence-electron chi connectivity index (χ4n) is 3.21. The molecule has 7 heteroatoms. The van der Waals surface area contributed by atoms with Gasteiger partial charge in [-0.25, -0.2) is 0 Å². The highest BCUT2D eigenvalue weighted by Crippen LogP contribution is 2.28. The molecule has 0 bridgehead atoms. The van der Waals surface area contributed by atoms with Crippen molar-refractivity contribution in [3.8, 4) is 0 Å². The molecule has 1 aliphatic heterocycles. The number of carbonyl (C=O) groups excluding carboxylic acids is 1. The van der Waals surface area contributed by atoms with Gasteiger partial charge in [-0.1, -0.05) is 18.2 Å². The third kappa shape index (κ3) is 4.63. The molecular weight excluding hydrogens is 344 g/mol. The molecule has 0 fully saturated rings. The minimum absolute atomic E-state index is 0.0466. The van der Waals surface area contributed by atoms with E-state index in [1.807, 2.05) is 18.2 Å². The first-order chi connectivity index (χ1) is 12.9. The van der Waals surface area contributed by atoms with Crippen LogP contribution in [0.1, 0.15) is 40.7 Å². The average Bonchev–Trinajstić information content (AvgIpc) is 2.82. The first kappa shape index (κ1) is 18.4. The van der Waals surface area contributed by atoms with Crippen molar-refractivity contribution in [1.29, 1.82) is 5.41 Å². The number of carboxylic acid groups (broad SMARTS) is 1. The molecule has 7 nitrogen and oxygen atoms in total. The molecule has 0 saturated carbocycles. The van der Waals surface area contributed by atoms with Crippen molar-refractivity contribution in [3.63, 3.8) is 0 Å². The number of aryl methyl sites for hydroxylation is 1. The standard InChI is InChI=1S/C20H22N4O3/c21-19(22)13-4-6-14(7-5-13)20(27)24-16-9-8-12-2-1-3-15(11-18(25)26)23-17(12)10-16/h4-10,15,23H,1-3,11H2,(H3,21,22)(H,24,27)(H,25,26). The van der Waals surface area contributed by atoms with E-state index >= 15 is 0 Å². The lowest BCUT2D eigenvalue weighted by Crippen LogP contribution is -2.22. The number of hydrogen-bond donors (Lipinski definition) is 5. The van der Waals surface area contributed by atoms with E-state index in [1.54, 1.807) is 24.3 Å². The number of benzene rings is 2. The van der Waals surface area contributed by atoms with E-state index in [4.69, 9.17) is 16.2 Å². The summed E-state index contributed by atoms with van der Waals surface area (Å²) < 4.78 is 0. The first-order valence-electron chi connectivity index (χ1n) is 8.79. The quantitative estimate of drug-likeness (QED) is 0.410. The number of aliphatic carboxylic acids is 1. The van der Waals surface area contributed by atoms with E-state index in [0.29, 0.717) is 16.8 Å². The number of nitrogen functional groups attached to an aromatic ring is 1. The second-order valence-corrected chi connectivity index (χ2v) is 6.65. The van der Waals surface area contributed by atoms with Crippen molar-refractivity contribution >= 4 is 29.1 Å². The molecule has 6 N–H and O–H groups in total. The number of carbonyl (C=O) groups is 2. The molecule has 1 heterocycles. The molecule has 0 saturated heterocycles. The smallest absolute Gasteiger partial charge is 0.305 e. The lowest BCUT2D eigenvalue weighted by atomic mass is 10.1. The van der Waals surface area contributed by atoms with Crippen molar-refractivity contribution in [2.45, 2.75) is 31.7 Å². The number of carboxylic acids is 1. The zero-order valence-electron chi connectivity index (χ0n) is 14.8. The summed E-state index contributed by atoms with van der Waals surface area (Å²) >= 11 is 0. The number of nitrogens with one attached hydrogen (secondary N) is 3. The number of anilines is 2. The highest BCUT2D eigenvalue weighted by atomic mass is 16.4. The molecular formula is C20H22N4O3. The Morgan fingerprint density at radius 2 is 1.89 bits per heavy atom. The molecule has 2 aromatic carbocycles. The summed E-state index contributed by atoms with van der Waals surface area (Å²) in [5.74, 6) is -1.13. The molecule has 1 amide bonds. The van der Waals surface area contributed by atoms with Gasteiger partial charge in [0.15, 0.2) is 0 Å². The van der Waals surface area contributed by atoms with Gasteiger partial charge in [0.25, 0.3) is 5.91 Å². The summed E-state index contributed by atoms with van der Waals surface area (Å²) in [5, 5.41) is 22.6. The molecule has 0 radical (unpaired) electrons. The Bertz CT molecular complexity index is 877. The number of amidine groups is 1. The van der Waals surface area contributed by atoms with Crippen LogP contribution in [0.2, 0.25) is 0 Å². The fourth-order valence-corrected chi connectivity index (χ4v) is 3.21. The summed E-state index contributed by atoms with van der Waals surface area (Å²) in [6, 6.07) is 12.0. The second-order valence-electron chi connectivity index (χ2n) is 6.65. The van der Waals surface area contributed by atoms with Crippen LogP contribution in [0.15, 0.2) is 42.5 Å². The molecule has 1 aliphatic rings. The Morgan fingerprint density at radius 3 is 2.56 bits per heavy atom. The normalized spacial score (nSPS) is 15.8. The molecule has 0 aliphatic carbocycles. The topological polar surface area (TPSA) is 128 Å². The molecule has 140 valence electrons. The summed E-state index contributed by atoms with van der Waals surface area (Å²) in [7, 11) is 0. The van der Waals surface area contributed by atoms with Gasteiger partial charge >= 0.3 is 5.97 Å². The van der Waals surface area contributed by atoms with Crippen molar-refractivity contribution in [3.05, 3.63) is 59.2 Å². The van der Waals surface area contributed by atoms with Crippen molar-refractivity contribution in [1.82, 2.24) is 0 Å². The van der Waals surface area contributed by atoms with Crippen LogP contribution >= 0.6 is 0 Å². The second kappa shape index (κ2) is 7.90. The predicted octanol–water partition coefficient (Wildman–Crippen LogP) is 2.81. The van der Waals surface area contributed by atoms with Gasteiger partial charge in [-0.05, 0) is 49.1 Å². The van der Waals surface area contributed by atoms with Crippen LogP contribution in [0.25, 0.3) is 0 Å². The molecule has 0 aromatic heterocycles. The number of rotatable bonds is 5. The average molecular weight is 366 g/mol. The maximum atomic E-state index is 12.4. The largest absolute Gasteiger partial charge is 0.481 e. The highest BCUT2D eigenvalue weighted by molar-refractivity contribution is 6.05. The van der Waals surface area contributed by atoms with Crippen LogP contribution in [-0.4, -0.2) is 28.9 Å². The predicted molar refractivity (Wildman–Crippen MR) is 104 cm³/mol. The van der Waals surface area contributed by atoms with Crippen molar-refractivity contribution < 1.29 is 14.7 Å². The van der Waals surface area contributed by atoms with Crippen LogP contribution < -0.4 is 16.4 Å². The number of nitrogens with two attached hydrogens (primary N) is 1. The minimum atomic E-state index is -0.825. The molecule has 1 atom stereocenters. The minimum Gasteiger partial charge on any atom is -0.481 e. The first-order valence-corrected chi connectivity index (χ1v) is 8.79. The van der Waals surface area contributed by atoms with Crippen LogP contribution in [0.4, 0.5) is 11.4 Å². The third-order valence-electron chi connectivity index (χ3n) is 4.61. The van der Waals surface area contributed by atoms with Crippen LogP contribution in [-0.2, 0) is 11.2 Å². The van der Waals surface area contributed by atoms with E-state index in [0.717, 1.165) is 30.5 Å². The number of hydrogen-bond acceptors (Lipinski definition) is 4. The van der Waals surface area contributed by atoms with Gasteiger partial charge in [-0.2, -0.15) is 0 Å². The monoisotopic (exact) mass is 366 g/mol. The van der Waals surface area contributed by atoms with E-state index in [-0.39, 0.29) is 24.2 Å². The van der Waals surface area contributed by atoms with Gasteiger partial charge in [0, 0.05) is 28.5 Å². The third-order valence-corrected chi connectivity index (χ3v) is 4.61. The summed E-state index contributed by atoms with van der Waals surface area (Å²) in [6.07, 6.45) is 2.66. The Kier molecular flexibility index (Phi) is 5.40. The van der Waals surface area contributed by atoms with Gasteiger partial charge < -0.3 is 21.5 Å². The van der Waals surface area contributed by atoms with Gasteiger partial charge in [-0.15, -0.1) is 0 Å².